The zero-order valence-electron chi connectivity index (χ0n) is 59.8. The fourth-order valence-corrected chi connectivity index (χ4v) is 24.1. The van der Waals surface area contributed by atoms with Crippen molar-refractivity contribution in [2.75, 3.05) is 0 Å². The summed E-state index contributed by atoms with van der Waals surface area (Å²) in [5.74, 6) is 1.85. The summed E-state index contributed by atoms with van der Waals surface area (Å²) in [7, 11) is 0. The van der Waals surface area contributed by atoms with Gasteiger partial charge in [0.1, 0.15) is 34.5 Å². The number of fused-ring (bicyclic) bond motifs is 5. The first kappa shape index (κ1) is 75.9. The van der Waals surface area contributed by atoms with Gasteiger partial charge >= 0.3 is 0 Å². The van der Waals surface area contributed by atoms with E-state index in [2.05, 4.69) is 121 Å². The largest absolute Gasteiger partial charge is 0.429 e. The molecule has 0 N–H and O–H groups in total. The molecule has 116 heavy (non-hydrogen) atoms. The number of ether oxygens (including phenoxy) is 6. The molecule has 0 spiro atoms. The number of aromatic nitrogens is 9. The predicted molar refractivity (Wildman–Crippen MR) is 463 cm³/mol. The number of carbonyl (C=O) groups excluding carboxylic acids is 6. The zero-order chi connectivity index (χ0) is 79.2. The number of hydrogen-bond acceptors (Lipinski definition) is 31. The molecule has 0 bridgehead atoms. The third-order valence-electron chi connectivity index (χ3n) is 17.5. The molecule has 0 unspecified atom stereocenters. The van der Waals surface area contributed by atoms with Gasteiger partial charge in [0, 0.05) is 165 Å². The second-order valence-electron chi connectivity index (χ2n) is 24.8. The fraction of sp³-hybridized carbons (Fsp3) is 0.0235. The summed E-state index contributed by atoms with van der Waals surface area (Å²) in [4.78, 5) is 120. The predicted octanol–water partition coefficient (Wildman–Crippen LogP) is 22.7. The lowest BCUT2D eigenvalue weighted by Crippen LogP contribution is -1.97. The Bertz CT molecular complexity index is 6910. The molecule has 19 aromatic heterocycles. The van der Waals surface area contributed by atoms with Gasteiger partial charge in [-0.15, -0.1) is 113 Å². The number of hydrogen-bond donors (Lipinski definition) is 0. The van der Waals surface area contributed by atoms with Crippen LogP contribution in [0.25, 0.3) is 167 Å². The summed E-state index contributed by atoms with van der Waals surface area (Å²) < 4.78 is 38.4. The van der Waals surface area contributed by atoms with Gasteiger partial charge in [-0.25, -0.2) is 15.0 Å². The Hall–Kier alpha value is -12.8. The Labute approximate surface area is 697 Å². The van der Waals surface area contributed by atoms with Gasteiger partial charge in [-0.05, 0) is 163 Å². The summed E-state index contributed by atoms with van der Waals surface area (Å²) in [6.45, 7) is 6.41. The number of carbonyl (C=O) groups is 6. The van der Waals surface area contributed by atoms with Gasteiger partial charge in [-0.3, -0.25) is 58.7 Å². The second-order valence-corrected chi connectivity index (χ2v) is 35.8. The topological polar surface area (TPSA) is 274 Å². The van der Waals surface area contributed by atoms with Gasteiger partial charge in [-0.1, -0.05) is 0 Å². The molecule has 566 valence electrons. The quantitative estimate of drug-likeness (QED) is 0.0508. The molecule has 21 nitrogen and oxygen atoms in total. The SMILES string of the molecule is Cc1cc2cc(-c3ccc(-c4ccnc(-c5cc(OC=O)cc(-c6cc(OC=O)ccn6)n5)c4)s3)sc2s1.Cc1sc(-c2ccc(-c3ccnc(-c4cc(OC=O)cc(-c5cc(OC=O)ccn5)n4)c3)s2)c2ccsc12.O=COc1ccnc(-c2cc(OC=O)cc(-c3cc(-c4ccc(-c5cc6sc7ccsc7c6s5)s4)ccn3)n2)c1. The first-order valence-corrected chi connectivity index (χ1v) is 42.8. The third kappa shape index (κ3) is 16.5. The summed E-state index contributed by atoms with van der Waals surface area (Å²) in [5.41, 5.74) is 9.05. The maximum atomic E-state index is 11.1. The van der Waals surface area contributed by atoms with E-state index in [1.165, 1.54) is 95.9 Å². The van der Waals surface area contributed by atoms with Crippen molar-refractivity contribution in [3.8, 4) is 163 Å². The molecule has 0 aliphatic heterocycles. The summed E-state index contributed by atoms with van der Waals surface area (Å²) in [5, 5.41) is 6.90. The van der Waals surface area contributed by atoms with Crippen molar-refractivity contribution in [1.82, 2.24) is 44.9 Å². The Kier molecular flexibility index (Phi) is 22.3. The highest BCUT2D eigenvalue weighted by molar-refractivity contribution is 7.41. The van der Waals surface area contributed by atoms with Crippen LogP contribution in [-0.2, 0) is 28.8 Å². The lowest BCUT2D eigenvalue weighted by atomic mass is 10.1. The molecule has 0 saturated carbocycles. The van der Waals surface area contributed by atoms with Crippen molar-refractivity contribution >= 4 is 190 Å². The van der Waals surface area contributed by atoms with Crippen LogP contribution < -0.4 is 28.4 Å². The molecule has 0 saturated heterocycles. The molecular weight excluding hydrogens is 1660 g/mol. The maximum Gasteiger partial charge on any atom is 0.298 e. The Balaban J connectivity index is 0.000000125. The van der Waals surface area contributed by atoms with Crippen LogP contribution in [0.5, 0.6) is 34.5 Å². The first-order valence-electron chi connectivity index (χ1n) is 34.5. The summed E-state index contributed by atoms with van der Waals surface area (Å²) in [6.07, 6.45) is 9.74. The number of rotatable bonds is 24. The zero-order valence-corrected chi connectivity index (χ0v) is 68.0. The molecule has 0 aromatic carbocycles. The smallest absolute Gasteiger partial charge is 0.298 e. The van der Waals surface area contributed by atoms with Gasteiger partial charge in [-0.2, -0.15) is 0 Å². The van der Waals surface area contributed by atoms with Gasteiger partial charge in [0.05, 0.1) is 86.6 Å². The number of aryl methyl sites for hydroxylation is 2. The molecule has 19 aromatic rings. The summed E-state index contributed by atoms with van der Waals surface area (Å²) in [6, 6.07) is 54.9. The van der Waals surface area contributed by atoms with E-state index in [-0.39, 0.29) is 0 Å². The first-order chi connectivity index (χ1) is 56.9. The van der Waals surface area contributed by atoms with E-state index in [9.17, 15) is 28.8 Å². The minimum atomic E-state index is 0.293. The number of pyridine rings is 9. The van der Waals surface area contributed by atoms with Crippen LogP contribution >= 0.6 is 113 Å². The van der Waals surface area contributed by atoms with Crippen molar-refractivity contribution in [3.05, 3.63) is 234 Å². The highest BCUT2D eigenvalue weighted by Crippen LogP contribution is 2.50. The minimum Gasteiger partial charge on any atom is -0.429 e. The maximum absolute atomic E-state index is 11.1. The molecular formula is C85H49N9O12S10. The second kappa shape index (κ2) is 34.1. The third-order valence-corrected chi connectivity index (χ3v) is 29.6. The van der Waals surface area contributed by atoms with E-state index in [0.29, 0.717) is 142 Å². The van der Waals surface area contributed by atoms with Crippen molar-refractivity contribution in [3.63, 3.8) is 0 Å². The minimum absolute atomic E-state index is 0.293. The van der Waals surface area contributed by atoms with E-state index in [1.54, 1.807) is 148 Å². The van der Waals surface area contributed by atoms with Crippen molar-refractivity contribution in [2.24, 2.45) is 0 Å². The van der Waals surface area contributed by atoms with E-state index >= 15 is 0 Å². The van der Waals surface area contributed by atoms with Crippen LogP contribution in [-0.4, -0.2) is 83.7 Å². The average Bonchev–Trinajstić information content (AvgIpc) is 1.61. The van der Waals surface area contributed by atoms with Crippen LogP contribution in [0.1, 0.15) is 9.75 Å². The van der Waals surface area contributed by atoms with Crippen LogP contribution in [0.2, 0.25) is 0 Å². The van der Waals surface area contributed by atoms with E-state index in [1.807, 2.05) is 93.1 Å². The Morgan fingerprint density at radius 2 is 0.647 bits per heavy atom. The van der Waals surface area contributed by atoms with Gasteiger partial charge in [0.15, 0.2) is 0 Å². The fourth-order valence-electron chi connectivity index (χ4n) is 12.4. The van der Waals surface area contributed by atoms with Crippen molar-refractivity contribution in [2.45, 2.75) is 13.8 Å². The van der Waals surface area contributed by atoms with Crippen LogP contribution in [0.3, 0.4) is 0 Å². The molecule has 19 heterocycles. The molecule has 0 fully saturated rings. The molecule has 0 aliphatic carbocycles. The van der Waals surface area contributed by atoms with Crippen molar-refractivity contribution < 1.29 is 57.2 Å². The van der Waals surface area contributed by atoms with E-state index < -0.39 is 0 Å². The highest BCUT2D eigenvalue weighted by Gasteiger charge is 2.21. The molecule has 0 aliphatic rings. The number of nitrogens with zero attached hydrogens (tertiary/aromatic N) is 9. The van der Waals surface area contributed by atoms with Crippen molar-refractivity contribution in [1.29, 1.82) is 0 Å². The van der Waals surface area contributed by atoms with Crippen LogP contribution in [0, 0.1) is 13.8 Å². The Morgan fingerprint density at radius 1 is 0.276 bits per heavy atom. The molecule has 0 atom stereocenters. The normalized spacial score (nSPS) is 11.1. The van der Waals surface area contributed by atoms with Crippen LogP contribution in [0.15, 0.2) is 224 Å². The lowest BCUT2D eigenvalue weighted by Gasteiger charge is -2.09. The van der Waals surface area contributed by atoms with Gasteiger partial charge in [0.2, 0.25) is 0 Å². The highest BCUT2D eigenvalue weighted by atomic mass is 32.2. The standard InChI is InChI=1S/C29H15N3O4S4.2C28H17N3O4S3/c33-14-35-17-4-7-31-20(10-17)22-12-18(36-15-34)11-21(32-22)19-9-16(3-6-30-19)23-1-2-24(38-23)26-13-27-29(40-26)28-25(39-27)5-8-37-28;1-16-27-20(6-9-36-27)28(37-16)26-3-2-25(38-26)17-4-7-29-21(10-17)23-12-19(35-15-33)13-24(31-23)22-11-18(34-14-32)5-8-30-22;1-16-8-18-10-27(38-28(18)36-16)26-3-2-25(37-26)17-4-6-29-21(9-17)23-12-20(35-15-33)13-24(31-23)22-11-19(34-14-32)5-7-30-22/h1-15H;2*2-15H,1H3. The van der Waals surface area contributed by atoms with E-state index in [0.717, 1.165) is 31.3 Å². The molecule has 0 radical (unpaired) electrons. The molecule has 31 heteroatoms. The van der Waals surface area contributed by atoms with Crippen LogP contribution in [0.4, 0.5) is 0 Å². The van der Waals surface area contributed by atoms with Gasteiger partial charge in [0.25, 0.3) is 38.8 Å². The van der Waals surface area contributed by atoms with Gasteiger partial charge < -0.3 is 28.4 Å². The Morgan fingerprint density at radius 3 is 1.09 bits per heavy atom. The monoisotopic (exact) mass is 1710 g/mol. The summed E-state index contributed by atoms with van der Waals surface area (Å²) >= 11 is 17.9. The average molecular weight is 1710 g/mol. The molecule has 0 amide bonds. The molecule has 19 rings (SSSR count). The number of thiophene rings is 10. The van der Waals surface area contributed by atoms with E-state index in [4.69, 9.17) is 43.4 Å². The lowest BCUT2D eigenvalue weighted by molar-refractivity contribution is -0.121.